The lowest BCUT2D eigenvalue weighted by Crippen LogP contribution is -2.34. The fraction of sp³-hybridized carbons (Fsp3) is 0.308. The highest BCUT2D eigenvalue weighted by molar-refractivity contribution is 6.39. The molecule has 5 rings (SSSR count). The van der Waals surface area contributed by atoms with Gasteiger partial charge >= 0.3 is 0 Å². The number of rotatable bonds is 9. The zero-order valence-electron chi connectivity index (χ0n) is 20.8. The van der Waals surface area contributed by atoms with Crippen LogP contribution in [0.1, 0.15) is 18.5 Å². The van der Waals surface area contributed by atoms with Gasteiger partial charge in [0.1, 0.15) is 7.11 Å². The van der Waals surface area contributed by atoms with Gasteiger partial charge in [0.05, 0.1) is 27.7 Å². The molecule has 0 saturated carbocycles. The van der Waals surface area contributed by atoms with Gasteiger partial charge in [-0.1, -0.05) is 29.3 Å². The van der Waals surface area contributed by atoms with Gasteiger partial charge in [0, 0.05) is 42.1 Å². The fourth-order valence-electron chi connectivity index (χ4n) is 4.57. The summed E-state index contributed by atoms with van der Waals surface area (Å²) < 4.78 is 1.08. The normalized spacial score (nSPS) is 13.7. The topological polar surface area (TPSA) is 117 Å². The maximum Gasteiger partial charge on any atom is 0.293 e. The van der Waals surface area contributed by atoms with Crippen LogP contribution in [0.2, 0.25) is 10.0 Å². The number of nitrogens with zero attached hydrogens (tertiary/aromatic N) is 4. The Hall–Kier alpha value is -3.60. The predicted molar refractivity (Wildman–Crippen MR) is 148 cm³/mol. The van der Waals surface area contributed by atoms with Crippen molar-refractivity contribution in [3.8, 4) is 11.1 Å². The molecule has 198 valence electrons. The first-order chi connectivity index (χ1) is 18.4. The third kappa shape index (κ3) is 5.62. The van der Waals surface area contributed by atoms with Gasteiger partial charge in [0.15, 0.2) is 5.65 Å². The lowest BCUT2D eigenvalue weighted by Gasteiger charge is -2.14. The van der Waals surface area contributed by atoms with E-state index in [1.165, 1.54) is 20.0 Å². The van der Waals surface area contributed by atoms with Gasteiger partial charge in [-0.25, -0.2) is 4.98 Å². The number of carbonyl (C=O) groups excluding carboxylic acids is 1. The van der Waals surface area contributed by atoms with E-state index in [4.69, 9.17) is 28.0 Å². The van der Waals surface area contributed by atoms with Gasteiger partial charge in [-0.05, 0) is 50.2 Å². The number of H-pyrrole nitrogens is 1. The van der Waals surface area contributed by atoms with E-state index >= 15 is 0 Å². The summed E-state index contributed by atoms with van der Waals surface area (Å²) in [6.45, 7) is 3.73. The number of hydrogen-bond donors (Lipinski definition) is 3. The second kappa shape index (κ2) is 11.4. The van der Waals surface area contributed by atoms with Crippen LogP contribution < -0.4 is 21.0 Å². The highest BCUT2D eigenvalue weighted by atomic mass is 35.5. The number of pyridine rings is 1. The van der Waals surface area contributed by atoms with Crippen LogP contribution in [0.3, 0.4) is 0 Å². The molecule has 0 radical (unpaired) electrons. The maximum atomic E-state index is 13.2. The summed E-state index contributed by atoms with van der Waals surface area (Å²) in [6, 6.07) is 8.49. The molecule has 1 aliphatic heterocycles. The Morgan fingerprint density at radius 3 is 2.68 bits per heavy atom. The molecule has 0 unspecified atom stereocenters. The van der Waals surface area contributed by atoms with Crippen LogP contribution in [-0.2, 0) is 11.2 Å². The number of benzene rings is 1. The number of nitrogens with one attached hydrogen (secondary N) is 3. The second-order valence-corrected chi connectivity index (χ2v) is 9.84. The molecule has 0 spiro atoms. The van der Waals surface area contributed by atoms with E-state index in [9.17, 15) is 9.59 Å². The van der Waals surface area contributed by atoms with Crippen molar-refractivity contribution in [1.82, 2.24) is 29.9 Å². The summed E-state index contributed by atoms with van der Waals surface area (Å²) in [5, 5.41) is 7.32. The van der Waals surface area contributed by atoms with Crippen LogP contribution in [0.25, 0.3) is 22.2 Å². The first-order valence-electron chi connectivity index (χ1n) is 12.3. The van der Waals surface area contributed by atoms with Gasteiger partial charge in [0.2, 0.25) is 11.9 Å². The zero-order valence-corrected chi connectivity index (χ0v) is 22.3. The number of halogens is 2. The fourth-order valence-corrected chi connectivity index (χ4v) is 5.17. The van der Waals surface area contributed by atoms with Gasteiger partial charge in [0.25, 0.3) is 5.56 Å². The molecular weight excluding hydrogens is 529 g/mol. The highest BCUT2D eigenvalue weighted by Gasteiger charge is 2.18. The Morgan fingerprint density at radius 2 is 1.95 bits per heavy atom. The monoisotopic (exact) mass is 555 g/mol. The molecule has 38 heavy (non-hydrogen) atoms. The van der Waals surface area contributed by atoms with Crippen LogP contribution in [0.15, 0.2) is 47.5 Å². The molecule has 1 aromatic carbocycles. The molecule has 0 aliphatic carbocycles. The van der Waals surface area contributed by atoms with Crippen LogP contribution in [0.5, 0.6) is 0 Å². The second-order valence-electron chi connectivity index (χ2n) is 9.02. The minimum absolute atomic E-state index is 0.0434. The van der Waals surface area contributed by atoms with Crippen molar-refractivity contribution in [2.24, 2.45) is 0 Å². The molecule has 1 saturated heterocycles. The van der Waals surface area contributed by atoms with E-state index in [-0.39, 0.29) is 29.5 Å². The van der Waals surface area contributed by atoms with Crippen LogP contribution in [0, 0.1) is 0 Å². The molecule has 0 atom stereocenters. The van der Waals surface area contributed by atoms with Crippen molar-refractivity contribution >= 4 is 51.8 Å². The van der Waals surface area contributed by atoms with Gasteiger partial charge < -0.3 is 25.4 Å². The van der Waals surface area contributed by atoms with Crippen molar-refractivity contribution in [2.45, 2.75) is 19.3 Å². The minimum Gasteiger partial charge on any atom is -0.412 e. The van der Waals surface area contributed by atoms with Crippen molar-refractivity contribution in [3.63, 3.8) is 0 Å². The molecule has 1 amide bonds. The number of fused-ring (bicyclic) bond motifs is 1. The average Bonchev–Trinajstić information content (AvgIpc) is 3.57. The third-order valence-electron chi connectivity index (χ3n) is 6.42. The number of hydrogen-bond acceptors (Lipinski definition) is 7. The van der Waals surface area contributed by atoms with E-state index in [2.05, 4.69) is 30.5 Å². The Balaban J connectivity index is 1.31. The van der Waals surface area contributed by atoms with Crippen molar-refractivity contribution in [1.29, 1.82) is 0 Å². The van der Waals surface area contributed by atoms with Gasteiger partial charge in [-0.3, -0.25) is 9.59 Å². The highest BCUT2D eigenvalue weighted by Crippen LogP contribution is 2.33. The Labute approximate surface area is 228 Å². The van der Waals surface area contributed by atoms with Crippen LogP contribution in [0.4, 0.5) is 11.6 Å². The Kier molecular flexibility index (Phi) is 7.82. The summed E-state index contributed by atoms with van der Waals surface area (Å²) in [6.07, 6.45) is 6.00. The van der Waals surface area contributed by atoms with Crippen LogP contribution >= 0.6 is 23.2 Å². The third-order valence-corrected chi connectivity index (χ3v) is 7.05. The smallest absolute Gasteiger partial charge is 0.293 e. The minimum atomic E-state index is -0.459. The zero-order chi connectivity index (χ0) is 26.6. The largest absolute Gasteiger partial charge is 0.412 e. The number of carbonyl (C=O) groups is 1. The van der Waals surface area contributed by atoms with E-state index < -0.39 is 5.56 Å². The summed E-state index contributed by atoms with van der Waals surface area (Å²) in [5.74, 6) is 0.213. The Morgan fingerprint density at radius 1 is 1.18 bits per heavy atom. The molecule has 12 heteroatoms. The molecule has 3 N–H and O–H groups in total. The average molecular weight is 556 g/mol. The predicted octanol–water partition coefficient (Wildman–Crippen LogP) is 3.65. The number of amides is 1. The number of aromatic amines is 1. The maximum absolute atomic E-state index is 13.2. The molecule has 3 aromatic heterocycles. The molecule has 0 bridgehead atoms. The summed E-state index contributed by atoms with van der Waals surface area (Å²) in [4.78, 5) is 45.2. The molecule has 1 fully saturated rings. The summed E-state index contributed by atoms with van der Waals surface area (Å²) in [5.41, 5.74) is 1.93. The Bertz CT molecular complexity index is 1510. The lowest BCUT2D eigenvalue weighted by molar-refractivity contribution is -0.120. The molecular formula is C26H27Cl2N7O3. The number of aromatic nitrogens is 4. The standard InChI is InChI=1S/C26H27Cl2N7O3/c1-38-35-24-16(11-19(25(35)37)23-20(27)5-4-6-21(23)28)14-31-26(33-24)32-18-12-17(30-15-18)13-22(36)29-7-10-34-8-2-3-9-34/h4-6,11-12,14-15,30H,2-3,7-10,13H2,1H3,(H,29,36)(H,31,32,33). The van der Waals surface area contributed by atoms with Crippen molar-refractivity contribution in [3.05, 3.63) is 68.8 Å². The molecule has 4 aromatic rings. The summed E-state index contributed by atoms with van der Waals surface area (Å²) in [7, 11) is 1.38. The van der Waals surface area contributed by atoms with E-state index in [1.807, 2.05) is 6.07 Å². The van der Waals surface area contributed by atoms with Gasteiger partial charge in [-0.2, -0.15) is 4.98 Å². The van der Waals surface area contributed by atoms with Crippen molar-refractivity contribution in [2.75, 3.05) is 38.6 Å². The van der Waals surface area contributed by atoms with Gasteiger partial charge in [-0.15, -0.1) is 4.73 Å². The van der Waals surface area contributed by atoms with E-state index in [1.54, 1.807) is 36.7 Å². The summed E-state index contributed by atoms with van der Waals surface area (Å²) >= 11 is 12.7. The SMILES string of the molecule is COn1c(=O)c(-c2c(Cl)cccc2Cl)cc2cnc(Nc3c[nH]c(CC(=O)NCCN4CCCC4)c3)nc21. The molecule has 1 aliphatic rings. The molecule has 4 heterocycles. The van der Waals surface area contributed by atoms with E-state index in [0.717, 1.165) is 30.1 Å². The number of anilines is 2. The first-order valence-corrected chi connectivity index (χ1v) is 13.0. The lowest BCUT2D eigenvalue weighted by atomic mass is 10.1. The first kappa shape index (κ1) is 26.0. The van der Waals surface area contributed by atoms with Crippen molar-refractivity contribution < 1.29 is 9.63 Å². The van der Waals surface area contributed by atoms with E-state index in [0.29, 0.717) is 33.2 Å². The van der Waals surface area contributed by atoms with Crippen LogP contribution in [-0.4, -0.2) is 63.8 Å². The quantitative estimate of drug-likeness (QED) is 0.288. The number of likely N-dealkylation sites (tertiary alicyclic amines) is 1. The molecule has 10 nitrogen and oxygen atoms in total.